The number of rotatable bonds is 8. The molecule has 2 rings (SSSR count). The molecule has 0 unspecified atom stereocenters. The van der Waals surface area contributed by atoms with E-state index in [2.05, 4.69) is 0 Å². The first-order valence-electron chi connectivity index (χ1n) is 8.08. The minimum absolute atomic E-state index is 0.0261. The van der Waals surface area contributed by atoms with Crippen molar-refractivity contribution in [3.8, 4) is 11.5 Å². The van der Waals surface area contributed by atoms with E-state index in [0.717, 1.165) is 6.42 Å². The van der Waals surface area contributed by atoms with E-state index in [0.29, 0.717) is 17.2 Å². The lowest BCUT2D eigenvalue weighted by Gasteiger charge is -2.11. The van der Waals surface area contributed by atoms with Gasteiger partial charge < -0.3 is 13.7 Å². The van der Waals surface area contributed by atoms with Crippen LogP contribution in [0.4, 0.5) is 0 Å². The van der Waals surface area contributed by atoms with E-state index in [4.69, 9.17) is 25.3 Å². The van der Waals surface area contributed by atoms with E-state index in [1.807, 2.05) is 6.92 Å². The minimum atomic E-state index is -4.04. The second-order valence-corrected chi connectivity index (χ2v) is 7.39. The highest BCUT2D eigenvalue weighted by molar-refractivity contribution is 7.87. The predicted molar refractivity (Wildman–Crippen MR) is 103 cm³/mol. The molecule has 144 valence electrons. The Hall–Kier alpha value is -2.51. The van der Waals surface area contributed by atoms with Gasteiger partial charge in [0.05, 0.1) is 13.7 Å². The molecule has 0 heterocycles. The van der Waals surface area contributed by atoms with Crippen LogP contribution in [0.15, 0.2) is 53.4 Å². The Morgan fingerprint density at radius 3 is 2.44 bits per heavy atom. The molecular formula is C19H19ClO6S. The molecule has 0 bridgehead atoms. The zero-order chi connectivity index (χ0) is 19.9. The smallest absolute Gasteiger partial charge is 0.339 e. The number of ether oxygens (including phenoxy) is 2. The van der Waals surface area contributed by atoms with Gasteiger partial charge in [-0.05, 0) is 54.5 Å². The normalized spacial score (nSPS) is 11.4. The van der Waals surface area contributed by atoms with Crippen LogP contribution in [0.2, 0.25) is 5.02 Å². The van der Waals surface area contributed by atoms with E-state index in [9.17, 15) is 13.2 Å². The maximum absolute atomic E-state index is 12.4. The average molecular weight is 411 g/mol. The van der Waals surface area contributed by atoms with Crippen LogP contribution in [0.3, 0.4) is 0 Å². The zero-order valence-electron chi connectivity index (χ0n) is 14.8. The van der Waals surface area contributed by atoms with Gasteiger partial charge in [0.25, 0.3) is 0 Å². The van der Waals surface area contributed by atoms with E-state index < -0.39 is 16.1 Å². The fraction of sp³-hybridized carbons (Fsp3) is 0.211. The standard InChI is InChI=1S/C19H19ClO6S/c1-3-12-25-19(21)11-5-14-4-10-17(18(13-14)24-2)26-27(22,23)16-8-6-15(20)7-9-16/h4-11,13H,3,12H2,1-2H3. The number of methoxy groups -OCH3 is 1. The third-order valence-electron chi connectivity index (χ3n) is 3.35. The monoisotopic (exact) mass is 410 g/mol. The fourth-order valence-electron chi connectivity index (χ4n) is 2.04. The van der Waals surface area contributed by atoms with Crippen LogP contribution in [-0.2, 0) is 19.6 Å². The van der Waals surface area contributed by atoms with Gasteiger partial charge in [-0.1, -0.05) is 24.6 Å². The van der Waals surface area contributed by atoms with Crippen molar-refractivity contribution < 1.29 is 26.9 Å². The summed E-state index contributed by atoms with van der Waals surface area (Å²) in [6.07, 6.45) is 3.56. The van der Waals surface area contributed by atoms with Crippen molar-refractivity contribution in [2.75, 3.05) is 13.7 Å². The van der Waals surface area contributed by atoms with Gasteiger partial charge in [0.15, 0.2) is 11.5 Å². The quantitative estimate of drug-likeness (QED) is 0.370. The molecule has 0 aliphatic carbocycles. The summed E-state index contributed by atoms with van der Waals surface area (Å²) in [5, 5.41) is 0.417. The summed E-state index contributed by atoms with van der Waals surface area (Å²) in [7, 11) is -2.65. The first-order valence-corrected chi connectivity index (χ1v) is 9.87. The van der Waals surface area contributed by atoms with Crippen molar-refractivity contribution in [2.45, 2.75) is 18.2 Å². The molecule has 2 aromatic carbocycles. The summed E-state index contributed by atoms with van der Waals surface area (Å²) in [5.41, 5.74) is 0.622. The highest BCUT2D eigenvalue weighted by Gasteiger charge is 2.19. The van der Waals surface area contributed by atoms with Gasteiger partial charge in [0.1, 0.15) is 4.90 Å². The first-order chi connectivity index (χ1) is 12.9. The van der Waals surface area contributed by atoms with Crippen LogP contribution >= 0.6 is 11.6 Å². The molecule has 0 aliphatic heterocycles. The Bertz CT molecular complexity index is 920. The molecule has 0 atom stereocenters. The van der Waals surface area contributed by atoms with Crippen molar-refractivity contribution in [3.05, 3.63) is 59.1 Å². The molecule has 0 radical (unpaired) electrons. The third kappa shape index (κ3) is 6.01. The van der Waals surface area contributed by atoms with Gasteiger partial charge in [-0.3, -0.25) is 0 Å². The third-order valence-corrected chi connectivity index (χ3v) is 4.85. The van der Waals surface area contributed by atoms with Crippen molar-refractivity contribution in [1.82, 2.24) is 0 Å². The zero-order valence-corrected chi connectivity index (χ0v) is 16.4. The van der Waals surface area contributed by atoms with Gasteiger partial charge in [-0.15, -0.1) is 0 Å². The first kappa shape index (κ1) is 20.8. The Morgan fingerprint density at radius 2 is 1.81 bits per heavy atom. The lowest BCUT2D eigenvalue weighted by Crippen LogP contribution is -2.10. The summed E-state index contributed by atoms with van der Waals surface area (Å²) in [4.78, 5) is 11.5. The van der Waals surface area contributed by atoms with Crippen molar-refractivity contribution >= 4 is 33.8 Å². The molecule has 0 saturated heterocycles. The topological polar surface area (TPSA) is 78.9 Å². The number of carbonyl (C=O) groups excluding carboxylic acids is 1. The summed E-state index contributed by atoms with van der Waals surface area (Å²) in [6.45, 7) is 2.25. The van der Waals surface area contributed by atoms with E-state index in [1.165, 1.54) is 49.6 Å². The highest BCUT2D eigenvalue weighted by Crippen LogP contribution is 2.31. The molecule has 2 aromatic rings. The Morgan fingerprint density at radius 1 is 1.11 bits per heavy atom. The van der Waals surface area contributed by atoms with E-state index in [-0.39, 0.29) is 16.4 Å². The Balaban J connectivity index is 2.19. The molecule has 0 saturated carbocycles. The summed E-state index contributed by atoms with van der Waals surface area (Å²) < 4.78 is 40.1. The average Bonchev–Trinajstić information content (AvgIpc) is 2.65. The fourth-order valence-corrected chi connectivity index (χ4v) is 3.11. The molecule has 0 aliphatic rings. The molecule has 0 fully saturated rings. The van der Waals surface area contributed by atoms with Gasteiger partial charge in [0, 0.05) is 11.1 Å². The number of benzene rings is 2. The van der Waals surface area contributed by atoms with Crippen LogP contribution in [-0.4, -0.2) is 28.1 Å². The van der Waals surface area contributed by atoms with Crippen molar-refractivity contribution in [3.63, 3.8) is 0 Å². The second-order valence-electron chi connectivity index (χ2n) is 5.40. The second kappa shape index (κ2) is 9.43. The SMILES string of the molecule is CCCOC(=O)C=Cc1ccc(OS(=O)(=O)c2ccc(Cl)cc2)c(OC)c1. The molecule has 0 amide bonds. The summed E-state index contributed by atoms with van der Waals surface area (Å²) in [5.74, 6) is -0.226. The number of hydrogen-bond donors (Lipinski definition) is 0. The highest BCUT2D eigenvalue weighted by atomic mass is 35.5. The molecule has 0 aromatic heterocycles. The predicted octanol–water partition coefficient (Wildman–Crippen LogP) is 4.08. The van der Waals surface area contributed by atoms with Crippen LogP contribution < -0.4 is 8.92 Å². The number of halogens is 1. The van der Waals surface area contributed by atoms with Crippen LogP contribution in [0.5, 0.6) is 11.5 Å². The van der Waals surface area contributed by atoms with Gasteiger partial charge in [-0.25, -0.2) is 4.79 Å². The number of hydrogen-bond acceptors (Lipinski definition) is 6. The lowest BCUT2D eigenvalue weighted by molar-refractivity contribution is -0.137. The lowest BCUT2D eigenvalue weighted by atomic mass is 10.2. The van der Waals surface area contributed by atoms with Crippen molar-refractivity contribution in [2.24, 2.45) is 0 Å². The van der Waals surface area contributed by atoms with Crippen LogP contribution in [0, 0.1) is 0 Å². The largest absolute Gasteiger partial charge is 0.493 e. The van der Waals surface area contributed by atoms with Crippen molar-refractivity contribution in [1.29, 1.82) is 0 Å². The van der Waals surface area contributed by atoms with Gasteiger partial charge in [0.2, 0.25) is 0 Å². The van der Waals surface area contributed by atoms with E-state index >= 15 is 0 Å². The van der Waals surface area contributed by atoms with Crippen LogP contribution in [0.1, 0.15) is 18.9 Å². The van der Waals surface area contributed by atoms with Crippen LogP contribution in [0.25, 0.3) is 6.08 Å². The number of carbonyl (C=O) groups is 1. The maximum Gasteiger partial charge on any atom is 0.339 e. The molecule has 0 N–H and O–H groups in total. The Kier molecular flexibility index (Phi) is 7.27. The number of esters is 1. The van der Waals surface area contributed by atoms with E-state index in [1.54, 1.807) is 12.1 Å². The van der Waals surface area contributed by atoms with Gasteiger partial charge in [-0.2, -0.15) is 8.42 Å². The van der Waals surface area contributed by atoms with Gasteiger partial charge >= 0.3 is 16.1 Å². The summed E-state index contributed by atoms with van der Waals surface area (Å²) >= 11 is 5.77. The molecular weight excluding hydrogens is 392 g/mol. The minimum Gasteiger partial charge on any atom is -0.493 e. The molecule has 6 nitrogen and oxygen atoms in total. The Labute approximate surface area is 163 Å². The molecule has 27 heavy (non-hydrogen) atoms. The summed E-state index contributed by atoms with van der Waals surface area (Å²) in [6, 6.07) is 10.2. The maximum atomic E-state index is 12.4. The molecule has 8 heteroatoms. The molecule has 0 spiro atoms.